The van der Waals surface area contributed by atoms with Gasteiger partial charge in [0.2, 0.25) is 0 Å². The predicted molar refractivity (Wildman–Crippen MR) is 86.7 cm³/mol. The van der Waals surface area contributed by atoms with Crippen LogP contribution in [0.2, 0.25) is 0 Å². The van der Waals surface area contributed by atoms with Crippen molar-refractivity contribution in [2.24, 2.45) is 0 Å². The van der Waals surface area contributed by atoms with E-state index < -0.39 is 0 Å². The van der Waals surface area contributed by atoms with Crippen LogP contribution >= 0.6 is 0 Å². The van der Waals surface area contributed by atoms with E-state index >= 15 is 0 Å². The smallest absolute Gasteiger partial charge is 0.0594 e. The summed E-state index contributed by atoms with van der Waals surface area (Å²) in [5.41, 5.74) is 0. The highest BCUT2D eigenvalue weighted by Gasteiger charge is 2.34. The molecule has 122 valence electrons. The molecule has 0 radical (unpaired) electrons. The molecule has 4 heteroatoms. The Morgan fingerprint density at radius 3 is 2.67 bits per heavy atom. The lowest BCUT2D eigenvalue weighted by Crippen LogP contribution is -2.47. The number of hydrogen-bond acceptors (Lipinski definition) is 4. The van der Waals surface area contributed by atoms with Crippen molar-refractivity contribution in [1.82, 2.24) is 15.1 Å². The maximum Gasteiger partial charge on any atom is 0.0594 e. The molecule has 3 rings (SSSR count). The molecule has 2 saturated heterocycles. The fourth-order valence-electron chi connectivity index (χ4n) is 4.37. The fourth-order valence-corrected chi connectivity index (χ4v) is 4.37. The van der Waals surface area contributed by atoms with Gasteiger partial charge in [-0.25, -0.2) is 0 Å². The second kappa shape index (κ2) is 7.91. The highest BCUT2D eigenvalue weighted by Crippen LogP contribution is 2.27. The summed E-state index contributed by atoms with van der Waals surface area (Å²) in [4.78, 5) is 5.46. The first-order valence-electron chi connectivity index (χ1n) is 9.16. The Balaban J connectivity index is 1.46. The van der Waals surface area contributed by atoms with Crippen LogP contribution in [-0.2, 0) is 4.74 Å². The van der Waals surface area contributed by atoms with Crippen LogP contribution in [0, 0.1) is 0 Å². The molecule has 3 aliphatic rings. The van der Waals surface area contributed by atoms with Crippen molar-refractivity contribution in [2.45, 2.75) is 63.6 Å². The third-order valence-electron chi connectivity index (χ3n) is 5.60. The molecule has 1 saturated carbocycles. The van der Waals surface area contributed by atoms with Gasteiger partial charge in [-0.2, -0.15) is 0 Å². The first-order valence-corrected chi connectivity index (χ1v) is 9.16. The molecule has 0 spiro atoms. The van der Waals surface area contributed by atoms with Gasteiger partial charge in [0.1, 0.15) is 0 Å². The standard InChI is InChI=1S/C17H33N3O/c1-2-7-18-15-4-3-5-16(13-15)20-8-6-17(14-20)19-9-11-21-12-10-19/h15-18H,2-14H2,1H3. The Morgan fingerprint density at radius 2 is 1.86 bits per heavy atom. The predicted octanol–water partition coefficient (Wildman–Crippen LogP) is 1.70. The largest absolute Gasteiger partial charge is 0.379 e. The first kappa shape index (κ1) is 15.7. The molecular formula is C17H33N3O. The number of nitrogens with one attached hydrogen (secondary N) is 1. The number of rotatable bonds is 5. The van der Waals surface area contributed by atoms with E-state index in [4.69, 9.17) is 4.74 Å². The van der Waals surface area contributed by atoms with E-state index in [1.807, 2.05) is 0 Å². The third kappa shape index (κ3) is 4.19. The van der Waals surface area contributed by atoms with Crippen LogP contribution in [0.3, 0.4) is 0 Å². The maximum atomic E-state index is 5.49. The van der Waals surface area contributed by atoms with E-state index in [-0.39, 0.29) is 0 Å². The van der Waals surface area contributed by atoms with Crippen molar-refractivity contribution < 1.29 is 4.74 Å². The monoisotopic (exact) mass is 295 g/mol. The Morgan fingerprint density at radius 1 is 1.00 bits per heavy atom. The van der Waals surface area contributed by atoms with E-state index in [0.717, 1.165) is 44.4 Å². The van der Waals surface area contributed by atoms with E-state index in [9.17, 15) is 0 Å². The summed E-state index contributed by atoms with van der Waals surface area (Å²) in [6, 6.07) is 2.39. The zero-order valence-corrected chi connectivity index (χ0v) is 13.7. The van der Waals surface area contributed by atoms with Crippen molar-refractivity contribution >= 4 is 0 Å². The van der Waals surface area contributed by atoms with Crippen LogP contribution < -0.4 is 5.32 Å². The van der Waals surface area contributed by atoms with E-state index in [1.54, 1.807) is 0 Å². The minimum absolute atomic E-state index is 0.770. The van der Waals surface area contributed by atoms with Gasteiger partial charge in [-0.05, 0) is 38.6 Å². The summed E-state index contributed by atoms with van der Waals surface area (Å²) in [6.07, 6.45) is 8.20. The van der Waals surface area contributed by atoms with Crippen LogP contribution in [0.25, 0.3) is 0 Å². The van der Waals surface area contributed by atoms with Gasteiger partial charge < -0.3 is 10.1 Å². The van der Waals surface area contributed by atoms with Gasteiger partial charge in [0.15, 0.2) is 0 Å². The molecule has 0 amide bonds. The van der Waals surface area contributed by atoms with Crippen LogP contribution in [-0.4, -0.2) is 73.9 Å². The third-order valence-corrected chi connectivity index (χ3v) is 5.60. The van der Waals surface area contributed by atoms with Crippen molar-refractivity contribution in [2.75, 3.05) is 45.9 Å². The number of morpholine rings is 1. The van der Waals surface area contributed by atoms with Gasteiger partial charge in [-0.15, -0.1) is 0 Å². The number of nitrogens with zero attached hydrogens (tertiary/aromatic N) is 2. The molecule has 0 bridgehead atoms. The molecule has 3 unspecified atom stereocenters. The molecule has 3 atom stereocenters. The lowest BCUT2D eigenvalue weighted by molar-refractivity contribution is 0.0169. The maximum absolute atomic E-state index is 5.49. The van der Waals surface area contributed by atoms with Crippen molar-refractivity contribution in [3.63, 3.8) is 0 Å². The molecule has 2 aliphatic heterocycles. The van der Waals surface area contributed by atoms with Crippen LogP contribution in [0.1, 0.15) is 45.4 Å². The second-order valence-electron chi connectivity index (χ2n) is 7.06. The average molecular weight is 295 g/mol. The van der Waals surface area contributed by atoms with Gasteiger partial charge in [0.25, 0.3) is 0 Å². The summed E-state index contributed by atoms with van der Waals surface area (Å²) < 4.78 is 5.49. The van der Waals surface area contributed by atoms with E-state index in [0.29, 0.717) is 0 Å². The minimum atomic E-state index is 0.770. The molecular weight excluding hydrogens is 262 g/mol. The molecule has 1 aliphatic carbocycles. The van der Waals surface area contributed by atoms with Crippen molar-refractivity contribution in [3.8, 4) is 0 Å². The zero-order valence-electron chi connectivity index (χ0n) is 13.7. The Kier molecular flexibility index (Phi) is 5.92. The molecule has 0 aromatic rings. The first-order chi connectivity index (χ1) is 10.4. The topological polar surface area (TPSA) is 27.7 Å². The molecule has 0 aromatic carbocycles. The highest BCUT2D eigenvalue weighted by atomic mass is 16.5. The highest BCUT2D eigenvalue weighted by molar-refractivity contribution is 4.91. The summed E-state index contributed by atoms with van der Waals surface area (Å²) in [5, 5.41) is 3.75. The number of ether oxygens (including phenoxy) is 1. The van der Waals surface area contributed by atoms with Gasteiger partial charge in [-0.3, -0.25) is 9.80 Å². The second-order valence-corrected chi connectivity index (χ2v) is 7.06. The Labute approximate surface area is 130 Å². The lowest BCUT2D eigenvalue weighted by Gasteiger charge is -2.37. The minimum Gasteiger partial charge on any atom is -0.379 e. The zero-order chi connectivity index (χ0) is 14.5. The Bertz CT molecular complexity index is 306. The molecule has 1 N–H and O–H groups in total. The summed E-state index contributed by atoms with van der Waals surface area (Å²) in [5.74, 6) is 0. The lowest BCUT2D eigenvalue weighted by atomic mass is 9.90. The quantitative estimate of drug-likeness (QED) is 0.835. The Hall–Kier alpha value is -0.160. The number of likely N-dealkylation sites (tertiary alicyclic amines) is 1. The molecule has 21 heavy (non-hydrogen) atoms. The van der Waals surface area contributed by atoms with Gasteiger partial charge in [0, 0.05) is 44.3 Å². The van der Waals surface area contributed by atoms with Crippen LogP contribution in [0.4, 0.5) is 0 Å². The van der Waals surface area contributed by atoms with Gasteiger partial charge in [0.05, 0.1) is 13.2 Å². The van der Waals surface area contributed by atoms with Crippen LogP contribution in [0.15, 0.2) is 0 Å². The molecule has 4 nitrogen and oxygen atoms in total. The normalized spacial score (nSPS) is 36.1. The number of hydrogen-bond donors (Lipinski definition) is 1. The summed E-state index contributed by atoms with van der Waals surface area (Å²) in [7, 11) is 0. The van der Waals surface area contributed by atoms with Gasteiger partial charge >= 0.3 is 0 Å². The van der Waals surface area contributed by atoms with Gasteiger partial charge in [-0.1, -0.05) is 13.3 Å². The average Bonchev–Trinajstić information content (AvgIpc) is 3.04. The van der Waals surface area contributed by atoms with Crippen molar-refractivity contribution in [1.29, 1.82) is 0 Å². The van der Waals surface area contributed by atoms with E-state index in [1.165, 1.54) is 58.2 Å². The summed E-state index contributed by atoms with van der Waals surface area (Å²) >= 11 is 0. The van der Waals surface area contributed by atoms with Crippen molar-refractivity contribution in [3.05, 3.63) is 0 Å². The molecule has 2 heterocycles. The SMILES string of the molecule is CCCNC1CCCC(N2CCC(N3CCOCC3)C2)C1. The molecule has 0 aromatic heterocycles. The molecule has 3 fully saturated rings. The fraction of sp³-hybridized carbons (Fsp3) is 1.00. The van der Waals surface area contributed by atoms with E-state index in [2.05, 4.69) is 22.0 Å². The summed E-state index contributed by atoms with van der Waals surface area (Å²) in [6.45, 7) is 10.2. The van der Waals surface area contributed by atoms with Crippen LogP contribution in [0.5, 0.6) is 0 Å².